The van der Waals surface area contributed by atoms with E-state index in [1.54, 1.807) is 0 Å². The molecule has 1 saturated carbocycles. The number of aromatic nitrogens is 2. The first kappa shape index (κ1) is 5.96. The minimum atomic E-state index is 0.741. The molecule has 1 aliphatic rings. The average molecular weight is 136 g/mol. The molecule has 10 heavy (non-hydrogen) atoms. The standard InChI is InChI=1S/C8H12N2/c1-2-7-5-6-9-10(7)8-3-4-8/h5-6,8H,2-4H2,1H3. The molecule has 0 unspecified atom stereocenters. The van der Waals surface area contributed by atoms with E-state index in [0.717, 1.165) is 12.5 Å². The zero-order valence-electron chi connectivity index (χ0n) is 6.25. The summed E-state index contributed by atoms with van der Waals surface area (Å²) in [5.41, 5.74) is 1.38. The fourth-order valence-electron chi connectivity index (χ4n) is 1.27. The van der Waals surface area contributed by atoms with E-state index in [2.05, 4.69) is 22.8 Å². The van der Waals surface area contributed by atoms with Gasteiger partial charge in [0.25, 0.3) is 0 Å². The molecule has 1 aliphatic carbocycles. The number of hydrogen-bond donors (Lipinski definition) is 0. The number of rotatable bonds is 2. The van der Waals surface area contributed by atoms with Gasteiger partial charge >= 0.3 is 0 Å². The topological polar surface area (TPSA) is 17.8 Å². The number of hydrogen-bond acceptors (Lipinski definition) is 1. The van der Waals surface area contributed by atoms with Crippen LogP contribution >= 0.6 is 0 Å². The fourth-order valence-corrected chi connectivity index (χ4v) is 1.27. The summed E-state index contributed by atoms with van der Waals surface area (Å²) in [6.07, 6.45) is 5.66. The summed E-state index contributed by atoms with van der Waals surface area (Å²) < 4.78 is 2.17. The zero-order chi connectivity index (χ0) is 6.97. The summed E-state index contributed by atoms with van der Waals surface area (Å²) in [5, 5.41) is 4.27. The van der Waals surface area contributed by atoms with Crippen molar-refractivity contribution in [3.05, 3.63) is 18.0 Å². The van der Waals surface area contributed by atoms with Crippen LogP contribution in [0.2, 0.25) is 0 Å². The Hall–Kier alpha value is -0.790. The van der Waals surface area contributed by atoms with Gasteiger partial charge in [-0.05, 0) is 25.3 Å². The Kier molecular flexibility index (Phi) is 1.26. The van der Waals surface area contributed by atoms with Gasteiger partial charge in [0, 0.05) is 11.9 Å². The maximum atomic E-state index is 4.27. The highest BCUT2D eigenvalue weighted by Crippen LogP contribution is 2.34. The minimum Gasteiger partial charge on any atom is -0.267 e. The van der Waals surface area contributed by atoms with Crippen molar-refractivity contribution in [1.82, 2.24) is 9.78 Å². The van der Waals surface area contributed by atoms with E-state index >= 15 is 0 Å². The molecule has 54 valence electrons. The second-order valence-corrected chi connectivity index (χ2v) is 2.85. The number of nitrogens with zero attached hydrogens (tertiary/aromatic N) is 2. The monoisotopic (exact) mass is 136 g/mol. The van der Waals surface area contributed by atoms with Gasteiger partial charge in [0.1, 0.15) is 0 Å². The Morgan fingerprint density at radius 1 is 1.70 bits per heavy atom. The van der Waals surface area contributed by atoms with Crippen LogP contribution in [0.1, 0.15) is 31.5 Å². The molecule has 0 bridgehead atoms. The maximum absolute atomic E-state index is 4.27. The molecular weight excluding hydrogens is 124 g/mol. The second-order valence-electron chi connectivity index (χ2n) is 2.85. The van der Waals surface area contributed by atoms with E-state index < -0.39 is 0 Å². The molecule has 0 spiro atoms. The first-order valence-corrected chi connectivity index (χ1v) is 3.94. The van der Waals surface area contributed by atoms with E-state index in [1.165, 1.54) is 18.5 Å². The Bertz CT molecular complexity index is 223. The molecule has 0 atom stereocenters. The molecule has 0 aromatic carbocycles. The quantitative estimate of drug-likeness (QED) is 0.606. The van der Waals surface area contributed by atoms with E-state index in [0.29, 0.717) is 0 Å². The highest BCUT2D eigenvalue weighted by molar-refractivity contribution is 5.03. The van der Waals surface area contributed by atoms with Crippen LogP contribution in [0.25, 0.3) is 0 Å². The summed E-state index contributed by atoms with van der Waals surface area (Å²) in [7, 11) is 0. The van der Waals surface area contributed by atoms with Gasteiger partial charge in [-0.2, -0.15) is 5.10 Å². The van der Waals surface area contributed by atoms with Crippen molar-refractivity contribution in [3.63, 3.8) is 0 Å². The van der Waals surface area contributed by atoms with Crippen LogP contribution in [-0.2, 0) is 6.42 Å². The SMILES string of the molecule is CCc1ccnn1C1CC1. The van der Waals surface area contributed by atoms with Gasteiger partial charge in [0.05, 0.1) is 6.04 Å². The summed E-state index contributed by atoms with van der Waals surface area (Å²) >= 11 is 0. The average Bonchev–Trinajstić information content (AvgIpc) is 2.69. The lowest BCUT2D eigenvalue weighted by Gasteiger charge is -2.01. The molecular formula is C8H12N2. The van der Waals surface area contributed by atoms with Crippen LogP contribution in [0.4, 0.5) is 0 Å². The highest BCUT2D eigenvalue weighted by Gasteiger charge is 2.25. The van der Waals surface area contributed by atoms with Crippen LogP contribution in [-0.4, -0.2) is 9.78 Å². The first-order chi connectivity index (χ1) is 4.92. The van der Waals surface area contributed by atoms with Crippen molar-refractivity contribution < 1.29 is 0 Å². The summed E-state index contributed by atoms with van der Waals surface area (Å²) in [5.74, 6) is 0. The molecule has 2 rings (SSSR count). The van der Waals surface area contributed by atoms with Crippen molar-refractivity contribution >= 4 is 0 Å². The zero-order valence-corrected chi connectivity index (χ0v) is 6.25. The molecule has 0 aliphatic heterocycles. The molecule has 1 fully saturated rings. The molecule has 1 heterocycles. The minimum absolute atomic E-state index is 0.741. The van der Waals surface area contributed by atoms with Gasteiger partial charge in [0.2, 0.25) is 0 Å². The van der Waals surface area contributed by atoms with Crippen LogP contribution < -0.4 is 0 Å². The lowest BCUT2D eigenvalue weighted by molar-refractivity contribution is 0.609. The lowest BCUT2D eigenvalue weighted by Crippen LogP contribution is -2.00. The van der Waals surface area contributed by atoms with Gasteiger partial charge in [-0.1, -0.05) is 6.92 Å². The Labute approximate surface area is 60.9 Å². The van der Waals surface area contributed by atoms with Crippen LogP contribution in [0.15, 0.2) is 12.3 Å². The molecule has 1 aromatic heterocycles. The van der Waals surface area contributed by atoms with E-state index in [1.807, 2.05) is 6.20 Å². The van der Waals surface area contributed by atoms with Crippen molar-refractivity contribution in [3.8, 4) is 0 Å². The van der Waals surface area contributed by atoms with Crippen molar-refractivity contribution in [2.75, 3.05) is 0 Å². The molecule has 0 saturated heterocycles. The molecule has 2 heteroatoms. The largest absolute Gasteiger partial charge is 0.267 e. The van der Waals surface area contributed by atoms with Crippen molar-refractivity contribution in [2.24, 2.45) is 0 Å². The third-order valence-electron chi connectivity index (χ3n) is 2.01. The lowest BCUT2D eigenvalue weighted by atomic mass is 10.3. The Morgan fingerprint density at radius 2 is 2.50 bits per heavy atom. The number of aryl methyl sites for hydroxylation is 1. The third kappa shape index (κ3) is 0.838. The fraction of sp³-hybridized carbons (Fsp3) is 0.625. The van der Waals surface area contributed by atoms with Gasteiger partial charge in [-0.15, -0.1) is 0 Å². The summed E-state index contributed by atoms with van der Waals surface area (Å²) in [6.45, 7) is 2.18. The summed E-state index contributed by atoms with van der Waals surface area (Å²) in [6, 6.07) is 2.85. The van der Waals surface area contributed by atoms with Crippen LogP contribution in [0, 0.1) is 0 Å². The maximum Gasteiger partial charge on any atom is 0.0524 e. The van der Waals surface area contributed by atoms with Crippen LogP contribution in [0.5, 0.6) is 0 Å². The van der Waals surface area contributed by atoms with Gasteiger partial charge in [-0.3, -0.25) is 4.68 Å². The summed E-state index contributed by atoms with van der Waals surface area (Å²) in [4.78, 5) is 0. The molecule has 1 aromatic rings. The second kappa shape index (κ2) is 2.11. The van der Waals surface area contributed by atoms with Crippen LogP contribution in [0.3, 0.4) is 0 Å². The van der Waals surface area contributed by atoms with Crippen molar-refractivity contribution in [2.45, 2.75) is 32.2 Å². The van der Waals surface area contributed by atoms with Gasteiger partial charge < -0.3 is 0 Å². The molecule has 2 nitrogen and oxygen atoms in total. The van der Waals surface area contributed by atoms with Gasteiger partial charge in [0.15, 0.2) is 0 Å². The first-order valence-electron chi connectivity index (χ1n) is 3.94. The Balaban J connectivity index is 2.28. The predicted molar refractivity (Wildman–Crippen MR) is 39.9 cm³/mol. The van der Waals surface area contributed by atoms with Crippen molar-refractivity contribution in [1.29, 1.82) is 0 Å². The third-order valence-corrected chi connectivity index (χ3v) is 2.01. The highest BCUT2D eigenvalue weighted by atomic mass is 15.3. The van der Waals surface area contributed by atoms with E-state index in [4.69, 9.17) is 0 Å². The smallest absolute Gasteiger partial charge is 0.0524 e. The molecule has 0 radical (unpaired) electrons. The Morgan fingerprint density at radius 3 is 3.10 bits per heavy atom. The van der Waals surface area contributed by atoms with E-state index in [-0.39, 0.29) is 0 Å². The molecule has 0 amide bonds. The van der Waals surface area contributed by atoms with Gasteiger partial charge in [-0.25, -0.2) is 0 Å². The normalized spacial score (nSPS) is 17.7. The molecule has 0 N–H and O–H groups in total. The predicted octanol–water partition coefficient (Wildman–Crippen LogP) is 1.78. The van der Waals surface area contributed by atoms with E-state index in [9.17, 15) is 0 Å².